The Hall–Kier alpha value is -1.94. The van der Waals surface area contributed by atoms with Gasteiger partial charge in [0.2, 0.25) is 0 Å². The van der Waals surface area contributed by atoms with E-state index in [4.69, 9.17) is 4.74 Å². The second kappa shape index (κ2) is 6.88. The van der Waals surface area contributed by atoms with Crippen LogP contribution in [0.4, 0.5) is 0 Å². The Balaban J connectivity index is 2.03. The fraction of sp³-hybridized carbons (Fsp3) is 0.278. The number of ether oxygens (including phenoxy) is 1. The molecular formula is C18H21NO2S. The molecule has 0 aliphatic carbocycles. The van der Waals surface area contributed by atoms with Gasteiger partial charge in [-0.2, -0.15) is 4.40 Å². The zero-order chi connectivity index (χ0) is 16.2. The van der Waals surface area contributed by atoms with Crippen LogP contribution in [-0.2, 0) is 11.0 Å². The van der Waals surface area contributed by atoms with E-state index in [1.165, 1.54) is 5.56 Å². The Morgan fingerprint density at radius 3 is 1.95 bits per heavy atom. The van der Waals surface area contributed by atoms with Crippen LogP contribution in [0.3, 0.4) is 0 Å². The topological polar surface area (TPSA) is 38.7 Å². The Morgan fingerprint density at radius 2 is 1.45 bits per heavy atom. The molecule has 116 valence electrons. The molecule has 0 fully saturated rings. The highest BCUT2D eigenvalue weighted by Gasteiger charge is 2.17. The van der Waals surface area contributed by atoms with Gasteiger partial charge in [0, 0.05) is 6.21 Å². The van der Waals surface area contributed by atoms with Gasteiger partial charge in [0.15, 0.2) is 0 Å². The highest BCUT2D eigenvalue weighted by molar-refractivity contribution is 7.85. The van der Waals surface area contributed by atoms with Gasteiger partial charge in [-0.3, -0.25) is 0 Å². The SMILES string of the molecule is Cc1ccc(Oc2ccc(C=NS(=O)C(C)(C)C)cc2)cc1. The minimum Gasteiger partial charge on any atom is -0.457 e. The lowest BCUT2D eigenvalue weighted by Crippen LogP contribution is -2.19. The summed E-state index contributed by atoms with van der Waals surface area (Å²) < 4.78 is 21.4. The minimum atomic E-state index is -1.24. The summed E-state index contributed by atoms with van der Waals surface area (Å²) in [4.78, 5) is 0. The highest BCUT2D eigenvalue weighted by Crippen LogP contribution is 2.21. The fourth-order valence-electron chi connectivity index (χ4n) is 1.63. The number of nitrogens with zero attached hydrogens (tertiary/aromatic N) is 1. The van der Waals surface area contributed by atoms with E-state index in [0.717, 1.165) is 17.1 Å². The predicted octanol–water partition coefficient (Wildman–Crippen LogP) is 4.67. The summed E-state index contributed by atoms with van der Waals surface area (Å²) in [5.41, 5.74) is 2.10. The molecule has 2 rings (SSSR count). The lowest BCUT2D eigenvalue weighted by atomic mass is 10.2. The highest BCUT2D eigenvalue weighted by atomic mass is 32.2. The zero-order valence-corrected chi connectivity index (χ0v) is 14.2. The zero-order valence-electron chi connectivity index (χ0n) is 13.4. The van der Waals surface area contributed by atoms with Crippen LogP contribution in [0.5, 0.6) is 11.5 Å². The molecule has 4 heteroatoms. The van der Waals surface area contributed by atoms with Crippen LogP contribution in [0.15, 0.2) is 52.9 Å². The molecule has 0 saturated carbocycles. The molecule has 0 amide bonds. The molecule has 0 saturated heterocycles. The summed E-state index contributed by atoms with van der Waals surface area (Å²) >= 11 is 0. The van der Waals surface area contributed by atoms with Crippen LogP contribution in [0.1, 0.15) is 31.9 Å². The van der Waals surface area contributed by atoms with Gasteiger partial charge in [0.05, 0.1) is 4.75 Å². The number of benzene rings is 2. The van der Waals surface area contributed by atoms with E-state index in [9.17, 15) is 4.21 Å². The molecule has 1 atom stereocenters. The van der Waals surface area contributed by atoms with Crippen molar-refractivity contribution in [3.63, 3.8) is 0 Å². The van der Waals surface area contributed by atoms with Crippen molar-refractivity contribution in [2.45, 2.75) is 32.4 Å². The molecule has 2 aromatic rings. The second-order valence-electron chi connectivity index (χ2n) is 6.08. The Morgan fingerprint density at radius 1 is 0.955 bits per heavy atom. The van der Waals surface area contributed by atoms with Crippen LogP contribution >= 0.6 is 0 Å². The summed E-state index contributed by atoms with van der Waals surface area (Å²) in [7, 11) is -1.24. The van der Waals surface area contributed by atoms with Crippen molar-refractivity contribution in [2.75, 3.05) is 0 Å². The van der Waals surface area contributed by atoms with E-state index in [1.54, 1.807) is 6.21 Å². The summed E-state index contributed by atoms with van der Waals surface area (Å²) in [6.07, 6.45) is 1.64. The lowest BCUT2D eigenvalue weighted by Gasteiger charge is -2.12. The maximum Gasteiger partial charge on any atom is 0.144 e. The van der Waals surface area contributed by atoms with Gasteiger partial charge in [0.1, 0.15) is 22.5 Å². The molecule has 22 heavy (non-hydrogen) atoms. The van der Waals surface area contributed by atoms with Gasteiger partial charge < -0.3 is 4.74 Å². The standard InChI is InChI=1S/C18H21NO2S/c1-14-5-9-16(10-6-14)21-17-11-7-15(8-12-17)13-19-22(20)18(2,3)4/h5-13H,1-4H3. The largest absolute Gasteiger partial charge is 0.457 e. The van der Waals surface area contributed by atoms with Crippen molar-refractivity contribution >= 4 is 17.2 Å². The normalized spacial score (nSPS) is 13.3. The fourth-order valence-corrected chi connectivity index (χ4v) is 2.16. The van der Waals surface area contributed by atoms with Gasteiger partial charge in [-0.1, -0.05) is 17.7 Å². The van der Waals surface area contributed by atoms with Crippen LogP contribution in [0.2, 0.25) is 0 Å². The summed E-state index contributed by atoms with van der Waals surface area (Å²) in [6.45, 7) is 7.75. The number of aryl methyl sites for hydroxylation is 1. The van der Waals surface area contributed by atoms with Gasteiger partial charge >= 0.3 is 0 Å². The molecule has 0 aliphatic heterocycles. The van der Waals surface area contributed by atoms with Crippen LogP contribution in [0.25, 0.3) is 0 Å². The molecule has 3 nitrogen and oxygen atoms in total. The number of rotatable bonds is 4. The van der Waals surface area contributed by atoms with E-state index >= 15 is 0 Å². The number of hydrogen-bond donors (Lipinski definition) is 0. The van der Waals surface area contributed by atoms with Crippen LogP contribution in [0, 0.1) is 6.92 Å². The summed E-state index contributed by atoms with van der Waals surface area (Å²) in [6, 6.07) is 15.5. The molecule has 1 unspecified atom stereocenters. The van der Waals surface area contributed by atoms with Crippen molar-refractivity contribution in [1.29, 1.82) is 0 Å². The predicted molar refractivity (Wildman–Crippen MR) is 93.2 cm³/mol. The summed E-state index contributed by atoms with van der Waals surface area (Å²) in [5.74, 6) is 1.57. The average Bonchev–Trinajstić information content (AvgIpc) is 2.47. The Labute approximate surface area is 134 Å². The Kier molecular flexibility index (Phi) is 5.14. The van der Waals surface area contributed by atoms with Crippen molar-refractivity contribution in [3.8, 4) is 11.5 Å². The van der Waals surface area contributed by atoms with Crippen molar-refractivity contribution in [2.24, 2.45) is 4.40 Å². The Bertz CT molecular complexity index is 668. The molecular weight excluding hydrogens is 294 g/mol. The monoisotopic (exact) mass is 315 g/mol. The average molecular weight is 315 g/mol. The first-order chi connectivity index (χ1) is 10.3. The molecule has 0 heterocycles. The molecule has 2 aromatic carbocycles. The molecule has 0 aliphatic rings. The molecule has 0 aromatic heterocycles. The quantitative estimate of drug-likeness (QED) is 0.769. The second-order valence-corrected chi connectivity index (χ2v) is 8.01. The summed E-state index contributed by atoms with van der Waals surface area (Å²) in [5, 5.41) is 0. The van der Waals surface area contributed by atoms with Crippen molar-refractivity contribution < 1.29 is 8.95 Å². The van der Waals surface area contributed by atoms with Crippen LogP contribution in [-0.4, -0.2) is 15.2 Å². The smallest absolute Gasteiger partial charge is 0.144 e. The van der Waals surface area contributed by atoms with E-state index in [1.807, 2.05) is 76.2 Å². The third-order valence-corrected chi connectivity index (χ3v) is 4.30. The van der Waals surface area contributed by atoms with Gasteiger partial charge in [0.25, 0.3) is 0 Å². The maximum atomic E-state index is 11.9. The molecule has 0 spiro atoms. The molecule has 0 bridgehead atoms. The third-order valence-electron chi connectivity index (χ3n) is 2.96. The van der Waals surface area contributed by atoms with E-state index < -0.39 is 11.0 Å². The third kappa shape index (κ3) is 4.81. The van der Waals surface area contributed by atoms with Crippen molar-refractivity contribution in [3.05, 3.63) is 59.7 Å². The van der Waals surface area contributed by atoms with E-state index in [2.05, 4.69) is 4.40 Å². The van der Waals surface area contributed by atoms with Gasteiger partial charge in [-0.25, -0.2) is 4.21 Å². The number of hydrogen-bond acceptors (Lipinski definition) is 2. The van der Waals surface area contributed by atoms with Crippen LogP contribution < -0.4 is 4.74 Å². The van der Waals surface area contributed by atoms with E-state index in [-0.39, 0.29) is 4.75 Å². The first kappa shape index (κ1) is 16.4. The molecule has 0 radical (unpaired) electrons. The van der Waals surface area contributed by atoms with Crippen molar-refractivity contribution in [1.82, 2.24) is 0 Å². The van der Waals surface area contributed by atoms with Gasteiger partial charge in [-0.05, 0) is 69.7 Å². The molecule has 0 N–H and O–H groups in total. The minimum absolute atomic E-state index is 0.342. The first-order valence-corrected chi connectivity index (χ1v) is 8.26. The van der Waals surface area contributed by atoms with Gasteiger partial charge in [-0.15, -0.1) is 0 Å². The first-order valence-electron chi connectivity index (χ1n) is 7.15. The lowest BCUT2D eigenvalue weighted by molar-refractivity contribution is 0.482. The van der Waals surface area contributed by atoms with E-state index in [0.29, 0.717) is 0 Å². The maximum absolute atomic E-state index is 11.9.